The summed E-state index contributed by atoms with van der Waals surface area (Å²) in [5.74, 6) is -0.00813. The van der Waals surface area contributed by atoms with Crippen LogP contribution in [0.2, 0.25) is 0 Å². The average molecular weight is 238 g/mol. The first-order valence-corrected chi connectivity index (χ1v) is 6.33. The number of carbonyl (C=O) groups excluding carboxylic acids is 1. The molecule has 1 saturated heterocycles. The molecule has 2 fully saturated rings. The molecule has 1 saturated carbocycles. The van der Waals surface area contributed by atoms with E-state index in [2.05, 4.69) is 0 Å². The summed E-state index contributed by atoms with van der Waals surface area (Å²) in [5.41, 5.74) is 0.833. The van der Waals surface area contributed by atoms with Crippen LogP contribution < -0.4 is 0 Å². The van der Waals surface area contributed by atoms with Crippen molar-refractivity contribution >= 4 is 5.97 Å². The Morgan fingerprint density at radius 2 is 2.18 bits per heavy atom. The molecule has 1 spiro atoms. The molecule has 0 amide bonds. The normalized spacial score (nSPS) is 34.5. The lowest BCUT2D eigenvalue weighted by Gasteiger charge is -2.34. The van der Waals surface area contributed by atoms with E-state index in [4.69, 9.17) is 14.2 Å². The van der Waals surface area contributed by atoms with Gasteiger partial charge in [-0.2, -0.15) is 0 Å². The highest BCUT2D eigenvalue weighted by Gasteiger charge is 2.54. The first-order chi connectivity index (χ1) is 8.27. The number of carbonyl (C=O) groups is 1. The minimum atomic E-state index is -0.405. The molecule has 4 heteroatoms. The third-order valence-corrected chi connectivity index (χ3v) is 4.29. The third-order valence-electron chi connectivity index (χ3n) is 4.29. The van der Waals surface area contributed by atoms with Crippen LogP contribution in [0.25, 0.3) is 0 Å². The van der Waals surface area contributed by atoms with E-state index in [1.165, 1.54) is 7.11 Å². The monoisotopic (exact) mass is 238 g/mol. The van der Waals surface area contributed by atoms with Crippen LogP contribution in [0.15, 0.2) is 11.6 Å². The molecule has 94 valence electrons. The van der Waals surface area contributed by atoms with E-state index in [9.17, 15) is 4.79 Å². The number of allylic oxidation sites excluding steroid dienone is 1. The maximum absolute atomic E-state index is 11.7. The van der Waals surface area contributed by atoms with Crippen LogP contribution in [0.4, 0.5) is 0 Å². The van der Waals surface area contributed by atoms with Crippen molar-refractivity contribution in [3.8, 4) is 0 Å². The van der Waals surface area contributed by atoms with Crippen molar-refractivity contribution in [3.05, 3.63) is 11.6 Å². The van der Waals surface area contributed by atoms with Gasteiger partial charge in [-0.05, 0) is 25.2 Å². The van der Waals surface area contributed by atoms with E-state index >= 15 is 0 Å². The molecular formula is C13H18O4. The highest BCUT2D eigenvalue weighted by atomic mass is 16.7. The highest BCUT2D eigenvalue weighted by molar-refractivity contribution is 5.89. The SMILES string of the molecule is COC(=O)C1=CCC[C@@H]2[C@H]1CCC21OCCO1. The van der Waals surface area contributed by atoms with Gasteiger partial charge in [0.25, 0.3) is 0 Å². The minimum absolute atomic E-state index is 0.185. The molecule has 3 aliphatic rings. The van der Waals surface area contributed by atoms with Gasteiger partial charge in [-0.1, -0.05) is 6.08 Å². The molecule has 3 rings (SSSR count). The largest absolute Gasteiger partial charge is 0.466 e. The predicted octanol–water partition coefficient (Wildman–Crippen LogP) is 1.65. The zero-order valence-electron chi connectivity index (χ0n) is 10.1. The number of ether oxygens (including phenoxy) is 3. The van der Waals surface area contributed by atoms with Crippen LogP contribution in [0.1, 0.15) is 25.7 Å². The average Bonchev–Trinajstić information content (AvgIpc) is 2.98. The van der Waals surface area contributed by atoms with Crippen molar-refractivity contribution in [1.29, 1.82) is 0 Å². The lowest BCUT2D eigenvalue weighted by Crippen LogP contribution is -2.38. The van der Waals surface area contributed by atoms with E-state index in [1.807, 2.05) is 6.08 Å². The van der Waals surface area contributed by atoms with Crippen molar-refractivity contribution in [3.63, 3.8) is 0 Å². The molecular weight excluding hydrogens is 220 g/mol. The summed E-state index contributed by atoms with van der Waals surface area (Å²) < 4.78 is 16.5. The number of rotatable bonds is 1. The fourth-order valence-electron chi connectivity index (χ4n) is 3.59. The fraction of sp³-hybridized carbons (Fsp3) is 0.769. The maximum Gasteiger partial charge on any atom is 0.333 e. The summed E-state index contributed by atoms with van der Waals surface area (Å²) in [6, 6.07) is 0. The quantitative estimate of drug-likeness (QED) is 0.652. The van der Waals surface area contributed by atoms with Gasteiger partial charge < -0.3 is 14.2 Å². The second-order valence-electron chi connectivity index (χ2n) is 4.99. The summed E-state index contributed by atoms with van der Waals surface area (Å²) in [6.07, 6.45) is 5.86. The van der Waals surface area contributed by atoms with Gasteiger partial charge in [-0.3, -0.25) is 0 Å². The van der Waals surface area contributed by atoms with Crippen LogP contribution in [0.3, 0.4) is 0 Å². The number of esters is 1. The molecule has 0 aromatic carbocycles. The fourth-order valence-corrected chi connectivity index (χ4v) is 3.59. The Balaban J connectivity index is 1.86. The molecule has 1 heterocycles. The molecule has 4 nitrogen and oxygen atoms in total. The van der Waals surface area contributed by atoms with Crippen LogP contribution in [-0.4, -0.2) is 32.1 Å². The Labute approximate surface area is 101 Å². The summed E-state index contributed by atoms with van der Waals surface area (Å²) in [4.78, 5) is 11.7. The van der Waals surface area contributed by atoms with Gasteiger partial charge in [0.1, 0.15) is 0 Å². The van der Waals surface area contributed by atoms with Gasteiger partial charge in [0, 0.05) is 17.9 Å². The van der Waals surface area contributed by atoms with Crippen molar-refractivity contribution in [2.75, 3.05) is 20.3 Å². The van der Waals surface area contributed by atoms with Crippen molar-refractivity contribution < 1.29 is 19.0 Å². The molecule has 1 aliphatic heterocycles. The third kappa shape index (κ3) is 1.62. The lowest BCUT2D eigenvalue weighted by molar-refractivity contribution is -0.187. The first-order valence-electron chi connectivity index (χ1n) is 6.33. The summed E-state index contributed by atoms with van der Waals surface area (Å²) in [7, 11) is 1.44. The van der Waals surface area contributed by atoms with E-state index in [1.54, 1.807) is 0 Å². The summed E-state index contributed by atoms with van der Waals surface area (Å²) >= 11 is 0. The number of fused-ring (bicyclic) bond motifs is 2. The standard InChI is InChI=1S/C13H18O4/c1-15-12(14)10-3-2-4-11-9(10)5-6-13(11)16-7-8-17-13/h3,9,11H,2,4-8H2,1H3/t9-,11+/m0/s1. The molecule has 0 bridgehead atoms. The second kappa shape index (κ2) is 4.10. The van der Waals surface area contributed by atoms with E-state index in [0.717, 1.165) is 31.3 Å². The summed E-state index contributed by atoms with van der Waals surface area (Å²) in [6.45, 7) is 1.36. The Bertz CT molecular complexity index is 354. The van der Waals surface area contributed by atoms with Crippen LogP contribution >= 0.6 is 0 Å². The topological polar surface area (TPSA) is 44.8 Å². The smallest absolute Gasteiger partial charge is 0.333 e. The van der Waals surface area contributed by atoms with E-state index in [-0.39, 0.29) is 11.9 Å². The number of hydrogen-bond acceptors (Lipinski definition) is 4. The van der Waals surface area contributed by atoms with Crippen LogP contribution in [0, 0.1) is 11.8 Å². The maximum atomic E-state index is 11.7. The Hall–Kier alpha value is -0.870. The molecule has 2 atom stereocenters. The first kappa shape index (κ1) is 11.2. The van der Waals surface area contributed by atoms with Crippen LogP contribution in [-0.2, 0) is 19.0 Å². The molecule has 2 aliphatic carbocycles. The second-order valence-corrected chi connectivity index (χ2v) is 4.99. The zero-order chi connectivity index (χ0) is 11.9. The van der Waals surface area contributed by atoms with Gasteiger partial charge in [0.2, 0.25) is 0 Å². The molecule has 0 N–H and O–H groups in total. The lowest BCUT2D eigenvalue weighted by atomic mass is 9.79. The molecule has 0 aromatic rings. The van der Waals surface area contributed by atoms with Gasteiger partial charge in [-0.15, -0.1) is 0 Å². The van der Waals surface area contributed by atoms with Gasteiger partial charge in [-0.25, -0.2) is 4.79 Å². The molecule has 17 heavy (non-hydrogen) atoms. The molecule has 0 aromatic heterocycles. The van der Waals surface area contributed by atoms with E-state index in [0.29, 0.717) is 19.1 Å². The number of hydrogen-bond donors (Lipinski definition) is 0. The van der Waals surface area contributed by atoms with Crippen molar-refractivity contribution in [2.24, 2.45) is 11.8 Å². The van der Waals surface area contributed by atoms with Crippen molar-refractivity contribution in [1.82, 2.24) is 0 Å². The zero-order valence-corrected chi connectivity index (χ0v) is 10.1. The minimum Gasteiger partial charge on any atom is -0.466 e. The van der Waals surface area contributed by atoms with Crippen molar-refractivity contribution in [2.45, 2.75) is 31.5 Å². The highest BCUT2D eigenvalue weighted by Crippen LogP contribution is 2.52. The van der Waals surface area contributed by atoms with Gasteiger partial charge in [0.05, 0.1) is 20.3 Å². The predicted molar refractivity (Wildman–Crippen MR) is 60.2 cm³/mol. The Morgan fingerprint density at radius 1 is 1.41 bits per heavy atom. The van der Waals surface area contributed by atoms with Gasteiger partial charge >= 0.3 is 5.97 Å². The Kier molecular flexibility index (Phi) is 2.71. The van der Waals surface area contributed by atoms with Gasteiger partial charge in [0.15, 0.2) is 5.79 Å². The van der Waals surface area contributed by atoms with E-state index < -0.39 is 5.79 Å². The van der Waals surface area contributed by atoms with Crippen LogP contribution in [0.5, 0.6) is 0 Å². The number of methoxy groups -OCH3 is 1. The molecule has 0 unspecified atom stereocenters. The Morgan fingerprint density at radius 3 is 2.88 bits per heavy atom. The summed E-state index contributed by atoms with van der Waals surface area (Å²) in [5, 5.41) is 0. The molecule has 0 radical (unpaired) electrons.